The third-order valence-electron chi connectivity index (χ3n) is 4.16. The van der Waals surface area contributed by atoms with Crippen molar-refractivity contribution in [1.29, 1.82) is 0 Å². The molecule has 0 fully saturated rings. The second kappa shape index (κ2) is 6.69. The number of hydrogen-bond acceptors (Lipinski definition) is 6. The number of alkyl halides is 3. The molecule has 0 saturated heterocycles. The number of nitrogens with zero attached hydrogens (tertiary/aromatic N) is 4. The predicted molar refractivity (Wildman–Crippen MR) is 97.2 cm³/mol. The molecule has 0 radical (unpaired) electrons. The van der Waals surface area contributed by atoms with Gasteiger partial charge in [0.2, 0.25) is 11.8 Å². The zero-order valence-electron chi connectivity index (χ0n) is 14.9. The Kier molecular flexibility index (Phi) is 4.41. The Morgan fingerprint density at radius 2 is 1.79 bits per heavy atom. The summed E-state index contributed by atoms with van der Waals surface area (Å²) in [6.45, 7) is 0. The molecule has 4 rings (SSSR count). The van der Waals surface area contributed by atoms with Gasteiger partial charge in [-0.3, -0.25) is 4.57 Å². The Hall–Kier alpha value is -3.21. The molecular formula is C18H13F3N4O3S. The minimum atomic E-state index is -4.44. The number of hydrogen-bond donors (Lipinski definition) is 0. The zero-order valence-corrected chi connectivity index (χ0v) is 15.7. The molecule has 4 aromatic rings. The van der Waals surface area contributed by atoms with Crippen LogP contribution < -0.4 is 0 Å². The normalized spacial score (nSPS) is 12.6. The largest absolute Gasteiger partial charge is 0.420 e. The summed E-state index contributed by atoms with van der Waals surface area (Å²) in [5.41, 5.74) is 2.38. The van der Waals surface area contributed by atoms with Crippen molar-refractivity contribution in [1.82, 2.24) is 19.7 Å². The van der Waals surface area contributed by atoms with Crippen LogP contribution in [-0.4, -0.2) is 40.6 Å². The minimum Gasteiger partial charge on any atom is -0.420 e. The Labute approximate surface area is 162 Å². The van der Waals surface area contributed by atoms with Gasteiger partial charge in [-0.25, -0.2) is 13.4 Å². The maximum absolute atomic E-state index is 12.5. The first-order valence-electron chi connectivity index (χ1n) is 8.27. The van der Waals surface area contributed by atoms with Crippen LogP contribution in [-0.2, 0) is 16.3 Å². The van der Waals surface area contributed by atoms with E-state index >= 15 is 0 Å². The van der Waals surface area contributed by atoms with Crippen LogP contribution in [0.1, 0.15) is 5.89 Å². The molecule has 0 spiro atoms. The summed E-state index contributed by atoms with van der Waals surface area (Å²) in [6, 6.07) is 11.2. The van der Waals surface area contributed by atoms with Gasteiger partial charge in [0.15, 0.2) is 9.84 Å². The summed E-state index contributed by atoms with van der Waals surface area (Å²) in [5.74, 6) is -0.552. The van der Waals surface area contributed by atoms with E-state index in [2.05, 4.69) is 15.2 Å². The van der Waals surface area contributed by atoms with Gasteiger partial charge in [0, 0.05) is 17.5 Å². The number of imidazole rings is 1. The molecule has 0 unspecified atom stereocenters. The summed E-state index contributed by atoms with van der Waals surface area (Å²) in [6.07, 6.45) is -3.05. The number of aromatic nitrogens is 4. The van der Waals surface area contributed by atoms with E-state index in [0.717, 1.165) is 6.26 Å². The fourth-order valence-corrected chi connectivity index (χ4v) is 3.44. The molecule has 0 amide bonds. The third kappa shape index (κ3) is 3.99. The van der Waals surface area contributed by atoms with Gasteiger partial charge in [-0.2, -0.15) is 13.2 Å². The SMILES string of the molecule is CS(=O)(=O)c1ccc(-n2cnc3ccc(-c4nnc(CC(F)(F)F)o4)cc32)cc1. The van der Waals surface area contributed by atoms with Crippen LogP contribution in [0.3, 0.4) is 0 Å². The summed E-state index contributed by atoms with van der Waals surface area (Å²) >= 11 is 0. The molecule has 0 aliphatic rings. The molecule has 2 aromatic carbocycles. The van der Waals surface area contributed by atoms with Gasteiger partial charge in [-0.05, 0) is 42.5 Å². The van der Waals surface area contributed by atoms with Crippen molar-refractivity contribution in [2.24, 2.45) is 0 Å². The lowest BCUT2D eigenvalue weighted by Crippen LogP contribution is -2.11. The van der Waals surface area contributed by atoms with Crippen molar-refractivity contribution in [3.8, 4) is 17.1 Å². The molecule has 0 saturated carbocycles. The summed E-state index contributed by atoms with van der Waals surface area (Å²) in [4.78, 5) is 4.47. The highest BCUT2D eigenvalue weighted by atomic mass is 32.2. The lowest BCUT2D eigenvalue weighted by Gasteiger charge is -2.06. The highest BCUT2D eigenvalue weighted by Crippen LogP contribution is 2.27. The average molecular weight is 422 g/mol. The molecular weight excluding hydrogens is 409 g/mol. The first-order chi connectivity index (χ1) is 13.6. The first-order valence-corrected chi connectivity index (χ1v) is 10.2. The van der Waals surface area contributed by atoms with Gasteiger partial charge in [0.1, 0.15) is 12.7 Å². The monoisotopic (exact) mass is 422 g/mol. The van der Waals surface area contributed by atoms with Crippen LogP contribution in [0.2, 0.25) is 0 Å². The molecule has 0 aliphatic carbocycles. The van der Waals surface area contributed by atoms with Crippen molar-refractivity contribution < 1.29 is 26.0 Å². The highest BCUT2D eigenvalue weighted by Gasteiger charge is 2.31. The molecule has 0 bridgehead atoms. The quantitative estimate of drug-likeness (QED) is 0.499. The van der Waals surface area contributed by atoms with E-state index in [1.54, 1.807) is 41.2 Å². The predicted octanol–water partition coefficient (Wildman–Crippen LogP) is 3.58. The van der Waals surface area contributed by atoms with E-state index in [-0.39, 0.29) is 10.8 Å². The molecule has 29 heavy (non-hydrogen) atoms. The average Bonchev–Trinajstić information content (AvgIpc) is 3.26. The molecule has 7 nitrogen and oxygen atoms in total. The lowest BCUT2D eigenvalue weighted by atomic mass is 10.2. The second-order valence-corrected chi connectivity index (χ2v) is 8.39. The zero-order chi connectivity index (χ0) is 20.8. The molecule has 0 N–H and O–H groups in total. The Balaban J connectivity index is 1.72. The maximum atomic E-state index is 12.5. The molecule has 2 heterocycles. The van der Waals surface area contributed by atoms with Gasteiger partial charge in [0.25, 0.3) is 0 Å². The molecule has 11 heteroatoms. The number of halogens is 3. The smallest absolute Gasteiger partial charge is 0.397 e. The Morgan fingerprint density at radius 3 is 2.45 bits per heavy atom. The maximum Gasteiger partial charge on any atom is 0.397 e. The molecule has 150 valence electrons. The van der Waals surface area contributed by atoms with Crippen LogP contribution in [0.4, 0.5) is 13.2 Å². The van der Waals surface area contributed by atoms with E-state index < -0.39 is 28.3 Å². The van der Waals surface area contributed by atoms with E-state index in [9.17, 15) is 21.6 Å². The van der Waals surface area contributed by atoms with Crippen LogP contribution in [0.15, 0.2) is 58.1 Å². The van der Waals surface area contributed by atoms with E-state index in [4.69, 9.17) is 4.42 Å². The van der Waals surface area contributed by atoms with Crippen molar-refractivity contribution in [2.45, 2.75) is 17.5 Å². The van der Waals surface area contributed by atoms with Crippen LogP contribution in [0.25, 0.3) is 28.2 Å². The Morgan fingerprint density at radius 1 is 1.07 bits per heavy atom. The minimum absolute atomic E-state index is 0.0358. The standard InChI is InChI=1S/C18H13F3N4O3S/c1-29(26,27)13-5-3-12(4-6-13)25-10-22-14-7-2-11(8-15(14)25)17-24-23-16(28-17)9-18(19,20)21/h2-8,10H,9H2,1H3. The van der Waals surface area contributed by atoms with Gasteiger partial charge < -0.3 is 4.42 Å². The van der Waals surface area contributed by atoms with E-state index in [0.29, 0.717) is 22.3 Å². The fraction of sp³-hybridized carbons (Fsp3) is 0.167. The van der Waals surface area contributed by atoms with Crippen LogP contribution in [0.5, 0.6) is 0 Å². The van der Waals surface area contributed by atoms with Crippen molar-refractivity contribution in [2.75, 3.05) is 6.26 Å². The molecule has 2 aromatic heterocycles. The topological polar surface area (TPSA) is 90.9 Å². The van der Waals surface area contributed by atoms with E-state index in [1.807, 2.05) is 0 Å². The van der Waals surface area contributed by atoms with Crippen LogP contribution in [0, 0.1) is 0 Å². The summed E-state index contributed by atoms with van der Waals surface area (Å²) < 4.78 is 67.5. The number of sulfone groups is 1. The van der Waals surface area contributed by atoms with Gasteiger partial charge in [-0.15, -0.1) is 10.2 Å². The Bertz CT molecular complexity index is 1290. The lowest BCUT2D eigenvalue weighted by molar-refractivity contribution is -0.130. The van der Waals surface area contributed by atoms with Gasteiger partial charge in [0.05, 0.1) is 15.9 Å². The van der Waals surface area contributed by atoms with Crippen molar-refractivity contribution >= 4 is 20.9 Å². The number of fused-ring (bicyclic) bond motifs is 1. The fourth-order valence-electron chi connectivity index (χ4n) is 2.81. The van der Waals surface area contributed by atoms with Crippen LogP contribution >= 0.6 is 0 Å². The summed E-state index contributed by atoms with van der Waals surface area (Å²) in [5, 5.41) is 7.13. The number of benzene rings is 2. The highest BCUT2D eigenvalue weighted by molar-refractivity contribution is 7.90. The third-order valence-corrected chi connectivity index (χ3v) is 5.28. The molecule has 0 atom stereocenters. The van der Waals surface area contributed by atoms with Gasteiger partial charge in [-0.1, -0.05) is 0 Å². The van der Waals surface area contributed by atoms with Gasteiger partial charge >= 0.3 is 6.18 Å². The first kappa shape index (κ1) is 19.1. The van der Waals surface area contributed by atoms with E-state index in [1.165, 1.54) is 12.1 Å². The summed E-state index contributed by atoms with van der Waals surface area (Å²) in [7, 11) is -3.32. The second-order valence-electron chi connectivity index (χ2n) is 6.38. The van der Waals surface area contributed by atoms with Crippen molar-refractivity contribution in [3.63, 3.8) is 0 Å². The molecule has 0 aliphatic heterocycles. The number of rotatable bonds is 4. The van der Waals surface area contributed by atoms with Crippen molar-refractivity contribution in [3.05, 3.63) is 54.7 Å².